The number of nitrogens with zero attached hydrogens (tertiary/aromatic N) is 2. The van der Waals surface area contributed by atoms with Crippen LogP contribution >= 0.6 is 11.6 Å². The first kappa shape index (κ1) is 17.0. The Morgan fingerprint density at radius 3 is 2.87 bits per heavy atom. The second-order valence-electron chi connectivity index (χ2n) is 4.85. The maximum absolute atomic E-state index is 12.0. The van der Waals surface area contributed by atoms with Gasteiger partial charge in [0.15, 0.2) is 0 Å². The molecule has 0 saturated heterocycles. The van der Waals surface area contributed by atoms with E-state index < -0.39 is 0 Å². The second kappa shape index (κ2) is 8.33. The van der Waals surface area contributed by atoms with Crippen LogP contribution < -0.4 is 15.4 Å². The number of carbonyl (C=O) groups is 1. The topological polar surface area (TPSA) is 76.1 Å². The minimum atomic E-state index is -0.211. The Labute approximate surface area is 140 Å². The van der Waals surface area contributed by atoms with Crippen LogP contribution in [0.4, 0.5) is 11.6 Å². The van der Waals surface area contributed by atoms with Crippen LogP contribution in [0.1, 0.15) is 30.3 Å². The van der Waals surface area contributed by atoms with Crippen molar-refractivity contribution >= 4 is 29.1 Å². The Morgan fingerprint density at radius 1 is 1.35 bits per heavy atom. The van der Waals surface area contributed by atoms with Crippen molar-refractivity contribution in [3.8, 4) is 5.75 Å². The van der Waals surface area contributed by atoms with E-state index in [1.54, 1.807) is 31.4 Å². The number of hydrogen-bond acceptors (Lipinski definition) is 5. The van der Waals surface area contributed by atoms with Crippen LogP contribution in [0, 0.1) is 0 Å². The van der Waals surface area contributed by atoms with E-state index in [0.29, 0.717) is 34.6 Å². The summed E-state index contributed by atoms with van der Waals surface area (Å²) in [4.78, 5) is 20.3. The van der Waals surface area contributed by atoms with Crippen LogP contribution in [-0.4, -0.2) is 29.5 Å². The molecule has 0 bridgehead atoms. The minimum absolute atomic E-state index is 0.211. The molecule has 23 heavy (non-hydrogen) atoms. The lowest BCUT2D eigenvalue weighted by atomic mass is 10.3. The molecule has 0 saturated carbocycles. The number of rotatable bonds is 7. The van der Waals surface area contributed by atoms with Crippen LogP contribution in [0.15, 0.2) is 30.5 Å². The number of aromatic nitrogens is 2. The molecule has 1 aromatic carbocycles. The van der Waals surface area contributed by atoms with Gasteiger partial charge in [0, 0.05) is 18.4 Å². The standard InChI is InChI=1S/C16H19ClN4O2/c1-3-4-8-18-15(22)13-7-9-19-16(21-13)20-11-5-6-14(23-2)12(17)10-11/h5-7,9-10H,3-4,8H2,1-2H3,(H,18,22)(H,19,20,21). The summed E-state index contributed by atoms with van der Waals surface area (Å²) in [7, 11) is 1.55. The van der Waals surface area contributed by atoms with E-state index in [0.717, 1.165) is 12.8 Å². The maximum atomic E-state index is 12.0. The van der Waals surface area contributed by atoms with E-state index in [2.05, 4.69) is 27.5 Å². The van der Waals surface area contributed by atoms with Crippen molar-refractivity contribution < 1.29 is 9.53 Å². The fourth-order valence-corrected chi connectivity index (χ4v) is 2.15. The molecule has 2 N–H and O–H groups in total. The predicted octanol–water partition coefficient (Wildman–Crippen LogP) is 3.41. The number of carbonyl (C=O) groups excluding carboxylic acids is 1. The lowest BCUT2D eigenvalue weighted by molar-refractivity contribution is 0.0948. The zero-order valence-electron chi connectivity index (χ0n) is 13.1. The molecule has 0 atom stereocenters. The fourth-order valence-electron chi connectivity index (χ4n) is 1.89. The third kappa shape index (κ3) is 4.82. The molecule has 122 valence electrons. The molecule has 2 aromatic rings. The third-order valence-corrected chi connectivity index (χ3v) is 3.41. The van der Waals surface area contributed by atoms with E-state index in [1.807, 2.05) is 0 Å². The van der Waals surface area contributed by atoms with Crippen LogP contribution in [-0.2, 0) is 0 Å². The summed E-state index contributed by atoms with van der Waals surface area (Å²) in [6.45, 7) is 2.70. The van der Waals surface area contributed by atoms with Gasteiger partial charge < -0.3 is 15.4 Å². The molecular formula is C16H19ClN4O2. The van der Waals surface area contributed by atoms with Crippen LogP contribution in [0.5, 0.6) is 5.75 Å². The first-order chi connectivity index (χ1) is 11.1. The molecule has 1 aromatic heterocycles. The van der Waals surface area contributed by atoms with Gasteiger partial charge in [-0.2, -0.15) is 0 Å². The van der Waals surface area contributed by atoms with Crippen molar-refractivity contribution in [3.05, 3.63) is 41.2 Å². The number of amides is 1. The summed E-state index contributed by atoms with van der Waals surface area (Å²) in [5.74, 6) is 0.702. The van der Waals surface area contributed by atoms with E-state index in [9.17, 15) is 4.79 Å². The van der Waals surface area contributed by atoms with E-state index >= 15 is 0 Å². The summed E-state index contributed by atoms with van der Waals surface area (Å²) < 4.78 is 5.10. The molecule has 0 unspecified atom stereocenters. The highest BCUT2D eigenvalue weighted by atomic mass is 35.5. The summed E-state index contributed by atoms with van der Waals surface area (Å²) in [5, 5.41) is 6.31. The summed E-state index contributed by atoms with van der Waals surface area (Å²) in [6, 6.07) is 6.82. The average Bonchev–Trinajstić information content (AvgIpc) is 2.55. The van der Waals surface area contributed by atoms with E-state index in [-0.39, 0.29) is 5.91 Å². The Kier molecular flexibility index (Phi) is 6.17. The van der Waals surface area contributed by atoms with Gasteiger partial charge in [0.25, 0.3) is 5.91 Å². The van der Waals surface area contributed by atoms with Gasteiger partial charge in [-0.15, -0.1) is 0 Å². The van der Waals surface area contributed by atoms with Gasteiger partial charge in [-0.3, -0.25) is 4.79 Å². The number of benzene rings is 1. The fraction of sp³-hybridized carbons (Fsp3) is 0.312. The molecule has 2 rings (SSSR count). The van der Waals surface area contributed by atoms with Crippen molar-refractivity contribution in [2.45, 2.75) is 19.8 Å². The maximum Gasteiger partial charge on any atom is 0.270 e. The van der Waals surface area contributed by atoms with Gasteiger partial charge in [0.05, 0.1) is 12.1 Å². The first-order valence-corrected chi connectivity index (χ1v) is 7.73. The lowest BCUT2D eigenvalue weighted by Crippen LogP contribution is -2.25. The minimum Gasteiger partial charge on any atom is -0.495 e. The monoisotopic (exact) mass is 334 g/mol. The highest BCUT2D eigenvalue weighted by Crippen LogP contribution is 2.28. The van der Waals surface area contributed by atoms with Crippen molar-refractivity contribution in [2.24, 2.45) is 0 Å². The molecule has 0 aliphatic rings. The number of halogens is 1. The number of unbranched alkanes of at least 4 members (excludes halogenated alkanes) is 1. The highest BCUT2D eigenvalue weighted by Gasteiger charge is 2.09. The summed E-state index contributed by atoms with van der Waals surface area (Å²) >= 11 is 6.08. The van der Waals surface area contributed by atoms with Gasteiger partial charge in [-0.05, 0) is 30.7 Å². The van der Waals surface area contributed by atoms with Gasteiger partial charge in [-0.1, -0.05) is 24.9 Å². The molecule has 0 aliphatic heterocycles. The first-order valence-electron chi connectivity index (χ1n) is 7.36. The molecule has 1 amide bonds. The third-order valence-electron chi connectivity index (χ3n) is 3.11. The zero-order chi connectivity index (χ0) is 16.7. The highest BCUT2D eigenvalue weighted by molar-refractivity contribution is 6.32. The van der Waals surface area contributed by atoms with Crippen LogP contribution in [0.2, 0.25) is 5.02 Å². The molecule has 0 spiro atoms. The van der Waals surface area contributed by atoms with Crippen LogP contribution in [0.3, 0.4) is 0 Å². The van der Waals surface area contributed by atoms with Gasteiger partial charge in [-0.25, -0.2) is 9.97 Å². The van der Waals surface area contributed by atoms with E-state index in [4.69, 9.17) is 16.3 Å². The van der Waals surface area contributed by atoms with Gasteiger partial charge in [0.1, 0.15) is 11.4 Å². The van der Waals surface area contributed by atoms with Gasteiger partial charge in [0.2, 0.25) is 5.95 Å². The lowest BCUT2D eigenvalue weighted by Gasteiger charge is -2.09. The number of ether oxygens (including phenoxy) is 1. The largest absolute Gasteiger partial charge is 0.495 e. The van der Waals surface area contributed by atoms with E-state index in [1.165, 1.54) is 6.20 Å². The number of nitrogens with one attached hydrogen (secondary N) is 2. The summed E-state index contributed by atoms with van der Waals surface area (Å²) in [6.07, 6.45) is 3.50. The summed E-state index contributed by atoms with van der Waals surface area (Å²) in [5.41, 5.74) is 1.03. The number of methoxy groups -OCH3 is 1. The molecule has 7 heteroatoms. The molecule has 1 heterocycles. The van der Waals surface area contributed by atoms with Crippen molar-refractivity contribution in [3.63, 3.8) is 0 Å². The molecule has 0 radical (unpaired) electrons. The zero-order valence-corrected chi connectivity index (χ0v) is 13.9. The van der Waals surface area contributed by atoms with Gasteiger partial charge >= 0.3 is 0 Å². The number of anilines is 2. The molecule has 6 nitrogen and oxygen atoms in total. The molecule has 0 aliphatic carbocycles. The van der Waals surface area contributed by atoms with Crippen molar-refractivity contribution in [2.75, 3.05) is 19.0 Å². The number of hydrogen-bond donors (Lipinski definition) is 2. The molecule has 0 fully saturated rings. The SMILES string of the molecule is CCCCNC(=O)c1ccnc(Nc2ccc(OC)c(Cl)c2)n1. The smallest absolute Gasteiger partial charge is 0.270 e. The predicted molar refractivity (Wildman–Crippen MR) is 90.6 cm³/mol. The van der Waals surface area contributed by atoms with Crippen LogP contribution in [0.25, 0.3) is 0 Å². The van der Waals surface area contributed by atoms with Crippen molar-refractivity contribution in [1.82, 2.24) is 15.3 Å². The Bertz CT molecular complexity index is 679. The average molecular weight is 335 g/mol. The Balaban J connectivity index is 2.07. The quantitative estimate of drug-likeness (QED) is 0.759. The Hall–Kier alpha value is -2.34. The Morgan fingerprint density at radius 2 is 2.17 bits per heavy atom. The second-order valence-corrected chi connectivity index (χ2v) is 5.26. The van der Waals surface area contributed by atoms with Crippen molar-refractivity contribution in [1.29, 1.82) is 0 Å². The normalized spacial score (nSPS) is 10.2. The molecular weight excluding hydrogens is 316 g/mol.